The Hall–Kier alpha value is -3.32. The second-order valence-electron chi connectivity index (χ2n) is 9.46. The Bertz CT molecular complexity index is 1300. The van der Waals surface area contributed by atoms with Gasteiger partial charge in [0, 0.05) is 23.4 Å². The topological polar surface area (TPSA) is 52.7 Å². The van der Waals surface area contributed by atoms with E-state index < -0.39 is 17.6 Å². The number of aryl methyl sites for hydroxylation is 1. The number of allylic oxidation sites excluding steroid dienone is 1. The molecule has 2 heterocycles. The number of halogens is 1. The highest BCUT2D eigenvalue weighted by Crippen LogP contribution is 2.40. The average Bonchev–Trinajstić information content (AvgIpc) is 2.79. The van der Waals surface area contributed by atoms with E-state index in [-0.39, 0.29) is 21.8 Å². The molecule has 1 N–H and O–H groups in total. The summed E-state index contributed by atoms with van der Waals surface area (Å²) in [4.78, 5) is 29.8. The van der Waals surface area contributed by atoms with Gasteiger partial charge in [-0.05, 0) is 81.2 Å². The second-order valence-corrected chi connectivity index (χ2v) is 9.85. The van der Waals surface area contributed by atoms with Crippen molar-refractivity contribution in [2.45, 2.75) is 53.0 Å². The van der Waals surface area contributed by atoms with Crippen LogP contribution in [0.1, 0.15) is 57.7 Å². The summed E-state index contributed by atoms with van der Waals surface area (Å²) in [6.07, 6.45) is 5.10. The molecule has 7 heteroatoms. The van der Waals surface area contributed by atoms with Gasteiger partial charge in [0.1, 0.15) is 11.4 Å². The third-order valence-electron chi connectivity index (χ3n) is 6.56. The number of carbonyl (C=O) groups excluding carboxylic acids is 2. The highest BCUT2D eigenvalue weighted by Gasteiger charge is 2.36. The predicted molar refractivity (Wildman–Crippen MR) is 144 cm³/mol. The lowest BCUT2D eigenvalue weighted by Crippen LogP contribution is -2.54. The lowest BCUT2D eigenvalue weighted by molar-refractivity contribution is -0.122. The van der Waals surface area contributed by atoms with Crippen LogP contribution in [0, 0.1) is 5.82 Å². The minimum atomic E-state index is -0.636. The standard InChI is InChI=1S/C28H30FN3O2S/c1-6-12-31-24-15-22(29)19(13-20(24)17(3)16-28(31,4)5)14-21-25(33)30-27(35)32(26(21)34)23-11-9-8-10-18(23)7-2/h8-11,13-16H,6-7,12H2,1-5H3,(H,30,33,35)/b21-14-. The van der Waals surface area contributed by atoms with Crippen molar-refractivity contribution in [1.29, 1.82) is 0 Å². The molecule has 0 aliphatic carbocycles. The maximum absolute atomic E-state index is 15.4. The average molecular weight is 492 g/mol. The van der Waals surface area contributed by atoms with Crippen molar-refractivity contribution in [1.82, 2.24) is 5.32 Å². The van der Waals surface area contributed by atoms with Crippen molar-refractivity contribution >= 4 is 52.2 Å². The molecule has 5 nitrogen and oxygen atoms in total. The van der Waals surface area contributed by atoms with Gasteiger partial charge in [-0.2, -0.15) is 0 Å². The van der Waals surface area contributed by atoms with Gasteiger partial charge in [-0.1, -0.05) is 38.1 Å². The van der Waals surface area contributed by atoms with Crippen molar-refractivity contribution < 1.29 is 14.0 Å². The smallest absolute Gasteiger partial charge is 0.270 e. The maximum Gasteiger partial charge on any atom is 0.270 e. The van der Waals surface area contributed by atoms with Gasteiger partial charge in [-0.25, -0.2) is 4.39 Å². The van der Waals surface area contributed by atoms with Gasteiger partial charge in [0.05, 0.1) is 11.2 Å². The highest BCUT2D eigenvalue weighted by molar-refractivity contribution is 7.80. The third-order valence-corrected chi connectivity index (χ3v) is 6.84. The molecule has 0 unspecified atom stereocenters. The van der Waals surface area contributed by atoms with Crippen molar-refractivity contribution in [3.8, 4) is 0 Å². The number of hydrogen-bond acceptors (Lipinski definition) is 4. The minimum Gasteiger partial charge on any atom is -0.362 e. The van der Waals surface area contributed by atoms with Gasteiger partial charge in [0.25, 0.3) is 11.8 Å². The zero-order valence-corrected chi connectivity index (χ0v) is 21.6. The molecule has 2 amide bonds. The fourth-order valence-corrected chi connectivity index (χ4v) is 5.19. The van der Waals surface area contributed by atoms with Crippen molar-refractivity contribution in [2.24, 2.45) is 0 Å². The number of hydrogen-bond donors (Lipinski definition) is 1. The number of thiocarbonyl (C=S) groups is 1. The Balaban J connectivity index is 1.80. The van der Waals surface area contributed by atoms with Crippen LogP contribution in [0.3, 0.4) is 0 Å². The van der Waals surface area contributed by atoms with Crippen LogP contribution < -0.4 is 15.1 Å². The molecule has 35 heavy (non-hydrogen) atoms. The van der Waals surface area contributed by atoms with E-state index >= 15 is 4.39 Å². The molecule has 0 radical (unpaired) electrons. The molecule has 4 rings (SSSR count). The molecule has 182 valence electrons. The second kappa shape index (κ2) is 9.38. The maximum atomic E-state index is 15.4. The van der Waals surface area contributed by atoms with Crippen LogP contribution in [-0.2, 0) is 16.0 Å². The first-order valence-corrected chi connectivity index (χ1v) is 12.3. The zero-order valence-electron chi connectivity index (χ0n) is 20.7. The third kappa shape index (κ3) is 4.41. The van der Waals surface area contributed by atoms with Crippen LogP contribution in [0.4, 0.5) is 15.8 Å². The molecule has 0 bridgehead atoms. The van der Waals surface area contributed by atoms with E-state index in [1.54, 1.807) is 12.1 Å². The Labute approximate surface area is 211 Å². The van der Waals surface area contributed by atoms with Gasteiger partial charge >= 0.3 is 0 Å². The summed E-state index contributed by atoms with van der Waals surface area (Å²) >= 11 is 5.33. The summed E-state index contributed by atoms with van der Waals surface area (Å²) in [6, 6.07) is 10.6. The Morgan fingerprint density at radius 1 is 1.11 bits per heavy atom. The van der Waals surface area contributed by atoms with Gasteiger partial charge in [-0.15, -0.1) is 0 Å². The van der Waals surface area contributed by atoms with E-state index in [1.165, 1.54) is 17.0 Å². The quantitative estimate of drug-likeness (QED) is 0.335. The van der Waals surface area contributed by atoms with Crippen molar-refractivity contribution in [2.75, 3.05) is 16.3 Å². The van der Waals surface area contributed by atoms with Gasteiger partial charge in [0.2, 0.25) is 0 Å². The number of para-hydroxylation sites is 1. The van der Waals surface area contributed by atoms with Crippen LogP contribution in [0.15, 0.2) is 48.0 Å². The molecule has 2 aromatic carbocycles. The Morgan fingerprint density at radius 3 is 2.51 bits per heavy atom. The van der Waals surface area contributed by atoms with E-state index in [9.17, 15) is 9.59 Å². The number of anilines is 2. The molecular weight excluding hydrogens is 461 g/mol. The summed E-state index contributed by atoms with van der Waals surface area (Å²) in [5.41, 5.74) is 4.03. The first-order valence-electron chi connectivity index (χ1n) is 11.9. The number of benzene rings is 2. The number of fused-ring (bicyclic) bond motifs is 1. The van der Waals surface area contributed by atoms with E-state index in [0.29, 0.717) is 12.1 Å². The first-order chi connectivity index (χ1) is 16.6. The molecule has 1 saturated heterocycles. The molecule has 0 saturated carbocycles. The fourth-order valence-electron chi connectivity index (χ4n) is 4.92. The van der Waals surface area contributed by atoms with Crippen LogP contribution >= 0.6 is 12.2 Å². The monoisotopic (exact) mass is 491 g/mol. The van der Waals surface area contributed by atoms with Gasteiger partial charge < -0.3 is 4.90 Å². The molecular formula is C28H30FN3O2S. The SMILES string of the molecule is CCCN1c2cc(F)c(/C=C3/C(=O)NC(=S)N(c4ccccc4CC)C3=O)cc2C(C)=CC1(C)C. The van der Waals surface area contributed by atoms with E-state index in [0.717, 1.165) is 35.4 Å². The molecule has 1 fully saturated rings. The zero-order chi connectivity index (χ0) is 25.5. The number of nitrogens with zero attached hydrogens (tertiary/aromatic N) is 2. The highest BCUT2D eigenvalue weighted by atomic mass is 32.1. The van der Waals surface area contributed by atoms with Crippen LogP contribution in [-0.4, -0.2) is 29.0 Å². The summed E-state index contributed by atoms with van der Waals surface area (Å²) in [6.45, 7) is 11.1. The van der Waals surface area contributed by atoms with Crippen LogP contribution in [0.25, 0.3) is 11.6 Å². The number of carbonyl (C=O) groups is 2. The predicted octanol–water partition coefficient (Wildman–Crippen LogP) is 5.63. The largest absolute Gasteiger partial charge is 0.362 e. The number of nitrogens with one attached hydrogen (secondary N) is 1. The van der Waals surface area contributed by atoms with Gasteiger partial charge in [-0.3, -0.25) is 19.8 Å². The van der Waals surface area contributed by atoms with Gasteiger partial charge in [0.15, 0.2) is 5.11 Å². The van der Waals surface area contributed by atoms with Crippen molar-refractivity contribution in [3.63, 3.8) is 0 Å². The molecule has 2 aliphatic heterocycles. The number of rotatable bonds is 5. The minimum absolute atomic E-state index is 0.0141. The molecule has 2 aliphatic rings. The van der Waals surface area contributed by atoms with Crippen LogP contribution in [0.5, 0.6) is 0 Å². The van der Waals surface area contributed by atoms with E-state index in [1.807, 2.05) is 32.0 Å². The van der Waals surface area contributed by atoms with E-state index in [2.05, 4.69) is 37.1 Å². The molecule has 2 aromatic rings. The lowest BCUT2D eigenvalue weighted by atomic mass is 9.87. The summed E-state index contributed by atoms with van der Waals surface area (Å²) < 4.78 is 15.4. The summed E-state index contributed by atoms with van der Waals surface area (Å²) in [5.74, 6) is -1.70. The van der Waals surface area contributed by atoms with Crippen molar-refractivity contribution in [3.05, 3.63) is 70.6 Å². The van der Waals surface area contributed by atoms with Crippen LogP contribution in [0.2, 0.25) is 0 Å². The normalized spacial score (nSPS) is 18.5. The summed E-state index contributed by atoms with van der Waals surface area (Å²) in [7, 11) is 0. The molecule has 0 spiro atoms. The fraction of sp³-hybridized carbons (Fsp3) is 0.321. The Kier molecular flexibility index (Phi) is 6.64. The molecule has 0 aromatic heterocycles. The lowest BCUT2D eigenvalue weighted by Gasteiger charge is -2.43. The first kappa shape index (κ1) is 24.8. The van der Waals surface area contributed by atoms with E-state index in [4.69, 9.17) is 12.2 Å². The number of amides is 2. The molecule has 0 atom stereocenters. The summed E-state index contributed by atoms with van der Waals surface area (Å²) in [5, 5.41) is 2.61. The Morgan fingerprint density at radius 2 is 1.83 bits per heavy atom.